The summed E-state index contributed by atoms with van der Waals surface area (Å²) in [6.45, 7) is 0. The van der Waals surface area contributed by atoms with E-state index in [2.05, 4.69) is 43.3 Å². The molecule has 62 valence electrons. The van der Waals surface area contributed by atoms with Crippen LogP contribution in [0.15, 0.2) is 24.3 Å². The van der Waals surface area contributed by atoms with E-state index in [0.717, 1.165) is 4.55 Å². The zero-order chi connectivity index (χ0) is 8.97. The third-order valence-corrected chi connectivity index (χ3v) is 3.13. The summed E-state index contributed by atoms with van der Waals surface area (Å²) >= 11 is -0.392. The summed E-state index contributed by atoms with van der Waals surface area (Å²) in [6.07, 6.45) is 0. The first-order chi connectivity index (χ1) is 5.75. The molecule has 0 bridgehead atoms. The second-order valence-electron chi connectivity index (χ2n) is 2.96. The molecule has 0 amide bonds. The van der Waals surface area contributed by atoms with E-state index in [9.17, 15) is 0 Å². The smallest absolute Gasteiger partial charge is 0.378 e. The van der Waals surface area contributed by atoms with Gasteiger partial charge in [-0.2, -0.15) is 0 Å². The second-order valence-corrected chi connectivity index (χ2v) is 4.97. The van der Waals surface area contributed by atoms with Gasteiger partial charge in [-0.25, -0.2) is 0 Å². The SMILES string of the molecule is CN(C)c1ccccc1[CH2][Mg][Cl]. The Hall–Kier alpha value is 0.0762. The summed E-state index contributed by atoms with van der Waals surface area (Å²) in [4.78, 5) is 2.14. The molecule has 3 heteroatoms. The number of nitrogens with zero attached hydrogens (tertiary/aromatic N) is 1. The Morgan fingerprint density at radius 3 is 2.58 bits per heavy atom. The van der Waals surface area contributed by atoms with Crippen molar-refractivity contribution in [2.24, 2.45) is 0 Å². The fourth-order valence-electron chi connectivity index (χ4n) is 1.26. The van der Waals surface area contributed by atoms with Gasteiger partial charge < -0.3 is 14.0 Å². The lowest BCUT2D eigenvalue weighted by Crippen LogP contribution is -2.11. The van der Waals surface area contributed by atoms with E-state index in [-0.39, 0.29) is 0 Å². The average molecular weight is 194 g/mol. The predicted octanol–water partition coefficient (Wildman–Crippen LogP) is 2.11. The molecule has 0 aliphatic heterocycles. The maximum Gasteiger partial charge on any atom is 0.505 e. The Bertz CT molecular complexity index is 250. The zero-order valence-corrected chi connectivity index (χ0v) is 9.72. The van der Waals surface area contributed by atoms with Crippen LogP contribution in [0.25, 0.3) is 0 Å². The van der Waals surface area contributed by atoms with Crippen LogP contribution < -0.4 is 4.90 Å². The standard InChI is InChI=1S/C9H12N.ClH.Mg/c1-8-6-4-5-7-9(8)10(2)3;;/h4-7H,1H2,2-3H3;1H;/q;;+1/p-1. The zero-order valence-electron chi connectivity index (χ0n) is 7.55. The first-order valence-corrected chi connectivity index (χ1v) is 7.20. The minimum Gasteiger partial charge on any atom is -0.378 e. The minimum atomic E-state index is -0.392. The number of benzene rings is 1. The van der Waals surface area contributed by atoms with Crippen LogP contribution in [0.2, 0.25) is 0 Å². The van der Waals surface area contributed by atoms with E-state index in [1.54, 1.807) is 0 Å². The highest BCUT2D eigenvalue weighted by atomic mass is 35.5. The Morgan fingerprint density at radius 2 is 2.00 bits per heavy atom. The maximum absolute atomic E-state index is 5.83. The maximum atomic E-state index is 5.83. The summed E-state index contributed by atoms with van der Waals surface area (Å²) < 4.78 is 1.08. The van der Waals surface area contributed by atoms with Crippen molar-refractivity contribution in [2.75, 3.05) is 19.0 Å². The Balaban J connectivity index is 2.92. The number of para-hydroxylation sites is 1. The summed E-state index contributed by atoms with van der Waals surface area (Å²) in [7, 11) is 9.96. The first kappa shape index (κ1) is 10.2. The van der Waals surface area contributed by atoms with Crippen molar-refractivity contribution in [3.63, 3.8) is 0 Å². The van der Waals surface area contributed by atoms with Gasteiger partial charge >= 0.3 is 19.3 Å². The van der Waals surface area contributed by atoms with Crippen molar-refractivity contribution < 1.29 is 0 Å². The van der Waals surface area contributed by atoms with Crippen molar-refractivity contribution in [1.29, 1.82) is 0 Å². The fraction of sp³-hybridized carbons (Fsp3) is 0.333. The van der Waals surface area contributed by atoms with Crippen LogP contribution in [-0.4, -0.2) is 33.4 Å². The number of halogens is 1. The van der Waals surface area contributed by atoms with Gasteiger partial charge in [-0.1, -0.05) is 22.7 Å². The van der Waals surface area contributed by atoms with Crippen molar-refractivity contribution in [3.8, 4) is 0 Å². The lowest BCUT2D eigenvalue weighted by molar-refractivity contribution is 1.11. The Labute approximate surface area is 87.2 Å². The summed E-state index contributed by atoms with van der Waals surface area (Å²) in [5.74, 6) is 0. The molecular formula is C9H12ClMgN. The van der Waals surface area contributed by atoms with E-state index >= 15 is 0 Å². The Kier molecular flexibility index (Phi) is 4.19. The summed E-state index contributed by atoms with van der Waals surface area (Å²) in [5.41, 5.74) is 2.68. The van der Waals surface area contributed by atoms with Crippen LogP contribution in [-0.2, 0) is 4.55 Å². The normalized spacial score (nSPS) is 9.25. The summed E-state index contributed by atoms with van der Waals surface area (Å²) in [6, 6.07) is 8.43. The molecule has 12 heavy (non-hydrogen) atoms. The predicted molar refractivity (Wildman–Crippen MR) is 56.1 cm³/mol. The quantitative estimate of drug-likeness (QED) is 0.666. The molecule has 0 aromatic heterocycles. The van der Waals surface area contributed by atoms with E-state index in [1.807, 2.05) is 0 Å². The lowest BCUT2D eigenvalue weighted by Gasteiger charge is -2.16. The molecule has 1 nitrogen and oxygen atoms in total. The topological polar surface area (TPSA) is 3.24 Å². The lowest BCUT2D eigenvalue weighted by atomic mass is 10.2. The van der Waals surface area contributed by atoms with Gasteiger partial charge in [0.2, 0.25) is 0 Å². The van der Waals surface area contributed by atoms with Gasteiger partial charge in [0.25, 0.3) is 0 Å². The van der Waals surface area contributed by atoms with Crippen molar-refractivity contribution >= 4 is 34.0 Å². The second kappa shape index (κ2) is 4.95. The first-order valence-electron chi connectivity index (χ1n) is 4.07. The third kappa shape index (κ3) is 2.54. The minimum absolute atomic E-state index is 0.392. The van der Waals surface area contributed by atoms with E-state index in [1.165, 1.54) is 11.3 Å². The molecule has 0 atom stereocenters. The molecular weight excluding hydrogens is 182 g/mol. The van der Waals surface area contributed by atoms with Crippen molar-refractivity contribution in [2.45, 2.75) is 4.55 Å². The third-order valence-electron chi connectivity index (χ3n) is 1.84. The molecule has 0 unspecified atom stereocenters. The van der Waals surface area contributed by atoms with Gasteiger partial charge in [0, 0.05) is 19.8 Å². The van der Waals surface area contributed by atoms with Crippen molar-refractivity contribution in [1.82, 2.24) is 0 Å². The monoisotopic (exact) mass is 193 g/mol. The molecule has 1 aromatic rings. The molecule has 0 saturated heterocycles. The van der Waals surface area contributed by atoms with Crippen LogP contribution in [0.3, 0.4) is 0 Å². The Morgan fingerprint density at radius 1 is 1.33 bits per heavy atom. The van der Waals surface area contributed by atoms with E-state index in [4.69, 9.17) is 9.07 Å². The van der Waals surface area contributed by atoms with Gasteiger partial charge in [0.05, 0.1) is 0 Å². The highest BCUT2D eigenvalue weighted by Gasteiger charge is 2.03. The van der Waals surface area contributed by atoms with Crippen LogP contribution >= 0.6 is 9.07 Å². The van der Waals surface area contributed by atoms with Gasteiger partial charge in [0.15, 0.2) is 0 Å². The van der Waals surface area contributed by atoms with Crippen LogP contribution in [0.5, 0.6) is 0 Å². The van der Waals surface area contributed by atoms with E-state index in [0.29, 0.717) is 0 Å². The highest BCUT2D eigenvalue weighted by Crippen LogP contribution is 2.17. The molecule has 1 aromatic carbocycles. The number of hydrogen-bond acceptors (Lipinski definition) is 1. The largest absolute Gasteiger partial charge is 0.505 e. The van der Waals surface area contributed by atoms with Crippen LogP contribution in [0.4, 0.5) is 5.69 Å². The molecule has 0 aliphatic carbocycles. The van der Waals surface area contributed by atoms with Crippen molar-refractivity contribution in [3.05, 3.63) is 29.8 Å². The number of rotatable bonds is 3. The molecule has 0 radical (unpaired) electrons. The van der Waals surface area contributed by atoms with Gasteiger partial charge in [-0.3, -0.25) is 0 Å². The van der Waals surface area contributed by atoms with Gasteiger partial charge in [-0.05, 0) is 11.6 Å². The van der Waals surface area contributed by atoms with E-state index < -0.39 is 19.3 Å². The number of hydrogen-bond donors (Lipinski definition) is 0. The number of anilines is 1. The molecule has 0 spiro atoms. The van der Waals surface area contributed by atoms with Crippen LogP contribution in [0.1, 0.15) is 5.56 Å². The summed E-state index contributed by atoms with van der Waals surface area (Å²) in [5, 5.41) is 0. The molecule has 1 rings (SSSR count). The average Bonchev–Trinajstić information content (AvgIpc) is 2.05. The van der Waals surface area contributed by atoms with Gasteiger partial charge in [-0.15, -0.1) is 0 Å². The molecule has 0 heterocycles. The van der Waals surface area contributed by atoms with Crippen LogP contribution in [0, 0.1) is 0 Å². The van der Waals surface area contributed by atoms with Gasteiger partial charge in [0.1, 0.15) is 0 Å². The molecule has 0 saturated carbocycles. The fourth-order valence-corrected chi connectivity index (χ4v) is 2.50. The highest BCUT2D eigenvalue weighted by molar-refractivity contribution is 6.93. The molecule has 0 N–H and O–H groups in total. The molecule has 0 aliphatic rings. The molecule has 0 fully saturated rings.